The summed E-state index contributed by atoms with van der Waals surface area (Å²) in [7, 11) is -3.18. The van der Waals surface area contributed by atoms with Crippen LogP contribution in [0.1, 0.15) is 27.2 Å². The van der Waals surface area contributed by atoms with E-state index in [0.29, 0.717) is 17.4 Å². The summed E-state index contributed by atoms with van der Waals surface area (Å²) in [4.78, 5) is 1.15. The fraction of sp³-hybridized carbons (Fsp3) is 0.500. The molecule has 0 aliphatic rings. The van der Waals surface area contributed by atoms with Gasteiger partial charge in [-0.2, -0.15) is 0 Å². The molecule has 17 heavy (non-hydrogen) atoms. The number of rotatable bonds is 6. The molecule has 3 nitrogen and oxygen atoms in total. The van der Waals surface area contributed by atoms with Crippen LogP contribution in [0.4, 0.5) is 5.69 Å². The first-order valence-corrected chi connectivity index (χ1v) is 8.23. The highest BCUT2D eigenvalue weighted by Gasteiger charge is 2.08. The number of sulfonamides is 1. The van der Waals surface area contributed by atoms with Crippen LogP contribution in [0, 0.1) is 0 Å². The van der Waals surface area contributed by atoms with Crippen molar-refractivity contribution in [1.82, 2.24) is 0 Å². The lowest BCUT2D eigenvalue weighted by atomic mass is 10.3. The quantitative estimate of drug-likeness (QED) is 0.809. The maximum absolute atomic E-state index is 11.5. The molecule has 0 atom stereocenters. The maximum atomic E-state index is 11.5. The Morgan fingerprint density at radius 1 is 1.24 bits per heavy atom. The van der Waals surface area contributed by atoms with E-state index in [1.54, 1.807) is 23.9 Å². The SMILES string of the molecule is CCCS(=O)(=O)Nc1ccc(SC(C)C)cc1. The van der Waals surface area contributed by atoms with Crippen molar-refractivity contribution in [2.24, 2.45) is 0 Å². The summed E-state index contributed by atoms with van der Waals surface area (Å²) in [5.41, 5.74) is 0.631. The number of hydrogen-bond acceptors (Lipinski definition) is 3. The van der Waals surface area contributed by atoms with Crippen LogP contribution < -0.4 is 4.72 Å². The molecule has 0 fully saturated rings. The van der Waals surface area contributed by atoms with Crippen LogP contribution >= 0.6 is 11.8 Å². The fourth-order valence-corrected chi connectivity index (χ4v) is 3.35. The van der Waals surface area contributed by atoms with E-state index in [0.717, 1.165) is 4.90 Å². The fourth-order valence-electron chi connectivity index (χ4n) is 1.37. The minimum Gasteiger partial charge on any atom is -0.284 e. The molecule has 0 aliphatic carbocycles. The van der Waals surface area contributed by atoms with E-state index in [9.17, 15) is 8.42 Å². The predicted molar refractivity (Wildman–Crippen MR) is 75.1 cm³/mol. The van der Waals surface area contributed by atoms with Crippen LogP contribution in [-0.4, -0.2) is 19.4 Å². The molecule has 0 radical (unpaired) electrons. The Balaban J connectivity index is 2.68. The summed E-state index contributed by atoms with van der Waals surface area (Å²) >= 11 is 1.76. The van der Waals surface area contributed by atoms with Crippen LogP contribution in [0.15, 0.2) is 29.2 Å². The number of thioether (sulfide) groups is 1. The molecule has 0 bridgehead atoms. The van der Waals surface area contributed by atoms with Gasteiger partial charge in [0.15, 0.2) is 0 Å². The lowest BCUT2D eigenvalue weighted by Gasteiger charge is -2.08. The van der Waals surface area contributed by atoms with Crippen molar-refractivity contribution in [2.45, 2.75) is 37.3 Å². The van der Waals surface area contributed by atoms with Gasteiger partial charge in [0.05, 0.1) is 5.75 Å². The Hall–Kier alpha value is -0.680. The van der Waals surface area contributed by atoms with Crippen LogP contribution in [0.25, 0.3) is 0 Å². The number of anilines is 1. The predicted octanol–water partition coefficient (Wildman–Crippen LogP) is 3.34. The van der Waals surface area contributed by atoms with E-state index < -0.39 is 10.0 Å². The molecule has 0 saturated heterocycles. The van der Waals surface area contributed by atoms with Crippen molar-refractivity contribution in [2.75, 3.05) is 10.5 Å². The third-order valence-corrected chi connectivity index (χ3v) is 4.48. The molecule has 96 valence electrons. The third kappa shape index (κ3) is 5.46. The summed E-state index contributed by atoms with van der Waals surface area (Å²) in [6, 6.07) is 7.48. The van der Waals surface area contributed by atoms with Gasteiger partial charge in [-0.3, -0.25) is 4.72 Å². The summed E-state index contributed by atoms with van der Waals surface area (Å²) in [6.07, 6.45) is 0.622. The highest BCUT2D eigenvalue weighted by molar-refractivity contribution is 7.99. The Morgan fingerprint density at radius 3 is 2.29 bits per heavy atom. The molecule has 5 heteroatoms. The lowest BCUT2D eigenvalue weighted by molar-refractivity contribution is 0.600. The normalized spacial score (nSPS) is 11.8. The van der Waals surface area contributed by atoms with Gasteiger partial charge in [0.25, 0.3) is 0 Å². The first-order valence-electron chi connectivity index (χ1n) is 5.70. The van der Waals surface area contributed by atoms with Crippen LogP contribution in [0.2, 0.25) is 0 Å². The van der Waals surface area contributed by atoms with Gasteiger partial charge in [-0.15, -0.1) is 11.8 Å². The molecule has 0 aliphatic heterocycles. The molecular formula is C12H19NO2S2. The summed E-state index contributed by atoms with van der Waals surface area (Å²) in [6.45, 7) is 6.10. The summed E-state index contributed by atoms with van der Waals surface area (Å²) < 4.78 is 25.7. The van der Waals surface area contributed by atoms with Crippen LogP contribution in [-0.2, 0) is 10.0 Å². The van der Waals surface area contributed by atoms with E-state index in [4.69, 9.17) is 0 Å². The molecule has 0 spiro atoms. The third-order valence-electron chi connectivity index (χ3n) is 1.97. The molecule has 1 rings (SSSR count). The molecule has 0 heterocycles. The van der Waals surface area contributed by atoms with E-state index >= 15 is 0 Å². The lowest BCUT2D eigenvalue weighted by Crippen LogP contribution is -2.15. The number of hydrogen-bond donors (Lipinski definition) is 1. The summed E-state index contributed by atoms with van der Waals surface area (Å²) in [5, 5.41) is 0.526. The Labute approximate surface area is 108 Å². The van der Waals surface area contributed by atoms with Gasteiger partial charge in [-0.1, -0.05) is 20.8 Å². The van der Waals surface area contributed by atoms with E-state index in [2.05, 4.69) is 18.6 Å². The monoisotopic (exact) mass is 273 g/mol. The highest BCUT2D eigenvalue weighted by Crippen LogP contribution is 2.24. The summed E-state index contributed by atoms with van der Waals surface area (Å²) in [5.74, 6) is 0.162. The van der Waals surface area contributed by atoms with Crippen molar-refractivity contribution < 1.29 is 8.42 Å². The van der Waals surface area contributed by atoms with Gasteiger partial charge in [0.2, 0.25) is 10.0 Å². The second-order valence-corrected chi connectivity index (χ2v) is 7.60. The average molecular weight is 273 g/mol. The topological polar surface area (TPSA) is 46.2 Å². The smallest absolute Gasteiger partial charge is 0.232 e. The molecule has 1 aromatic carbocycles. The molecular weight excluding hydrogens is 254 g/mol. The molecule has 0 amide bonds. The minimum atomic E-state index is -3.18. The molecule has 1 aromatic rings. The second-order valence-electron chi connectivity index (χ2n) is 4.11. The Kier molecular flexibility index (Phi) is 5.33. The molecule has 0 saturated carbocycles. The zero-order valence-electron chi connectivity index (χ0n) is 10.4. The van der Waals surface area contributed by atoms with Gasteiger partial charge in [-0.05, 0) is 30.7 Å². The average Bonchev–Trinajstić information content (AvgIpc) is 2.19. The van der Waals surface area contributed by atoms with Gasteiger partial charge in [0.1, 0.15) is 0 Å². The number of benzene rings is 1. The maximum Gasteiger partial charge on any atom is 0.232 e. The van der Waals surface area contributed by atoms with Crippen LogP contribution in [0.5, 0.6) is 0 Å². The van der Waals surface area contributed by atoms with Gasteiger partial charge in [-0.25, -0.2) is 8.42 Å². The standard InChI is InChI=1S/C12H19NO2S2/c1-4-9-17(14,15)13-11-5-7-12(8-6-11)16-10(2)3/h5-8,10,13H,4,9H2,1-3H3. The molecule has 1 N–H and O–H groups in total. The van der Waals surface area contributed by atoms with Crippen molar-refractivity contribution in [3.8, 4) is 0 Å². The Bertz CT molecular complexity index is 438. The molecule has 0 unspecified atom stereocenters. The van der Waals surface area contributed by atoms with E-state index in [1.165, 1.54) is 0 Å². The number of nitrogens with one attached hydrogen (secondary N) is 1. The minimum absolute atomic E-state index is 0.162. The van der Waals surface area contributed by atoms with Gasteiger partial charge >= 0.3 is 0 Å². The van der Waals surface area contributed by atoms with Crippen molar-refractivity contribution in [3.63, 3.8) is 0 Å². The van der Waals surface area contributed by atoms with E-state index in [-0.39, 0.29) is 5.75 Å². The van der Waals surface area contributed by atoms with Crippen molar-refractivity contribution in [1.29, 1.82) is 0 Å². The van der Waals surface area contributed by atoms with E-state index in [1.807, 2.05) is 19.1 Å². The largest absolute Gasteiger partial charge is 0.284 e. The zero-order valence-corrected chi connectivity index (χ0v) is 12.1. The van der Waals surface area contributed by atoms with Gasteiger partial charge < -0.3 is 0 Å². The Morgan fingerprint density at radius 2 is 1.82 bits per heavy atom. The van der Waals surface area contributed by atoms with Crippen molar-refractivity contribution in [3.05, 3.63) is 24.3 Å². The second kappa shape index (κ2) is 6.31. The molecule has 0 aromatic heterocycles. The van der Waals surface area contributed by atoms with Crippen molar-refractivity contribution >= 4 is 27.5 Å². The van der Waals surface area contributed by atoms with Crippen LogP contribution in [0.3, 0.4) is 0 Å². The van der Waals surface area contributed by atoms with Gasteiger partial charge in [0, 0.05) is 15.8 Å². The first kappa shape index (κ1) is 14.4. The zero-order chi connectivity index (χ0) is 12.9. The highest BCUT2D eigenvalue weighted by atomic mass is 32.2. The first-order chi connectivity index (χ1) is 7.93.